The Bertz CT molecular complexity index is 1030. The first-order chi connectivity index (χ1) is 14.5. The number of halogens is 2. The number of piperidine rings is 1. The van der Waals surface area contributed by atoms with Gasteiger partial charge < -0.3 is 9.15 Å². The fraction of sp³-hybridized carbons (Fsp3) is 0.304. The van der Waals surface area contributed by atoms with Crippen LogP contribution in [0.5, 0.6) is 5.75 Å². The molecule has 30 heavy (non-hydrogen) atoms. The van der Waals surface area contributed by atoms with Gasteiger partial charge in [-0.05, 0) is 68.4 Å². The largest absolute Gasteiger partial charge is 0.497 e. The number of hydrogen-bond acceptors (Lipinski definition) is 5. The van der Waals surface area contributed by atoms with E-state index in [0.29, 0.717) is 28.0 Å². The van der Waals surface area contributed by atoms with Gasteiger partial charge in [0.05, 0.1) is 22.8 Å². The smallest absolute Gasteiger partial charge is 0.226 e. The summed E-state index contributed by atoms with van der Waals surface area (Å²) < 4.78 is 10.8. The second kappa shape index (κ2) is 9.21. The van der Waals surface area contributed by atoms with Gasteiger partial charge in [-0.2, -0.15) is 0 Å². The summed E-state index contributed by atoms with van der Waals surface area (Å²) in [5, 5.41) is 0.878. The van der Waals surface area contributed by atoms with Crippen LogP contribution in [0.3, 0.4) is 0 Å². The number of oxazole rings is 1. The molecule has 0 atom stereocenters. The molecule has 1 fully saturated rings. The van der Waals surface area contributed by atoms with Gasteiger partial charge >= 0.3 is 0 Å². The van der Waals surface area contributed by atoms with Crippen LogP contribution in [0.1, 0.15) is 28.9 Å². The molecule has 0 bridgehead atoms. The van der Waals surface area contributed by atoms with Crippen molar-refractivity contribution in [2.45, 2.75) is 19.4 Å². The molecule has 2 aromatic carbocycles. The minimum Gasteiger partial charge on any atom is -0.497 e. The van der Waals surface area contributed by atoms with E-state index < -0.39 is 0 Å². The number of Topliss-reactive ketones (excluding diaryl/α,β-unsaturated/α-hetero) is 1. The summed E-state index contributed by atoms with van der Waals surface area (Å²) in [5.41, 5.74) is 2.42. The lowest BCUT2D eigenvalue weighted by Crippen LogP contribution is -2.36. The van der Waals surface area contributed by atoms with E-state index in [1.165, 1.54) is 0 Å². The Morgan fingerprint density at radius 1 is 1.13 bits per heavy atom. The SMILES string of the molecule is COc1ccc(-c2nc(CN3CCC(C(=O)c4ccc(Cl)c(Cl)c4)CC3)co2)cc1. The Kier molecular flexibility index (Phi) is 6.42. The van der Waals surface area contributed by atoms with Crippen molar-refractivity contribution in [3.63, 3.8) is 0 Å². The Morgan fingerprint density at radius 2 is 1.87 bits per heavy atom. The van der Waals surface area contributed by atoms with Gasteiger partial charge in [0.2, 0.25) is 5.89 Å². The van der Waals surface area contributed by atoms with Crippen molar-refractivity contribution in [1.82, 2.24) is 9.88 Å². The first-order valence-electron chi connectivity index (χ1n) is 9.84. The van der Waals surface area contributed by atoms with E-state index in [4.69, 9.17) is 32.4 Å². The first kappa shape index (κ1) is 20.9. The van der Waals surface area contributed by atoms with E-state index in [0.717, 1.165) is 42.9 Å². The van der Waals surface area contributed by atoms with Gasteiger partial charge in [0.25, 0.3) is 0 Å². The predicted molar refractivity (Wildman–Crippen MR) is 117 cm³/mol. The Labute approximate surface area is 185 Å². The van der Waals surface area contributed by atoms with Crippen molar-refractivity contribution in [2.75, 3.05) is 20.2 Å². The lowest BCUT2D eigenvalue weighted by molar-refractivity contribution is 0.0834. The number of carbonyl (C=O) groups is 1. The van der Waals surface area contributed by atoms with Gasteiger partial charge in [-0.25, -0.2) is 4.98 Å². The maximum Gasteiger partial charge on any atom is 0.226 e. The summed E-state index contributed by atoms with van der Waals surface area (Å²) in [5.74, 6) is 1.53. The molecule has 0 aliphatic carbocycles. The standard InChI is InChI=1S/C23H22Cl2N2O3/c1-29-19-5-2-16(3-6-19)23-26-18(14-30-23)13-27-10-8-15(9-11-27)22(28)17-4-7-20(24)21(25)12-17/h2-7,12,14-15H,8-11,13H2,1H3. The average molecular weight is 445 g/mol. The number of carbonyl (C=O) groups excluding carboxylic acids is 1. The van der Waals surface area contributed by atoms with E-state index in [1.807, 2.05) is 24.3 Å². The third-order valence-corrected chi connectivity index (χ3v) is 6.18. The normalized spacial score (nSPS) is 15.3. The number of benzene rings is 2. The van der Waals surface area contributed by atoms with Crippen LogP contribution in [0.15, 0.2) is 53.1 Å². The maximum atomic E-state index is 12.8. The number of likely N-dealkylation sites (tertiary alicyclic amines) is 1. The lowest BCUT2D eigenvalue weighted by atomic mass is 9.89. The summed E-state index contributed by atoms with van der Waals surface area (Å²) in [6.07, 6.45) is 3.32. The molecule has 1 saturated heterocycles. The molecule has 2 heterocycles. The molecule has 0 spiro atoms. The number of aromatic nitrogens is 1. The zero-order valence-corrected chi connectivity index (χ0v) is 18.1. The summed E-state index contributed by atoms with van der Waals surface area (Å²) in [6.45, 7) is 2.37. The van der Waals surface area contributed by atoms with Crippen LogP contribution >= 0.6 is 23.2 Å². The van der Waals surface area contributed by atoms with E-state index in [1.54, 1.807) is 31.6 Å². The molecule has 0 amide bonds. The number of nitrogens with zero attached hydrogens (tertiary/aromatic N) is 2. The zero-order valence-electron chi connectivity index (χ0n) is 16.6. The lowest BCUT2D eigenvalue weighted by Gasteiger charge is -2.30. The van der Waals surface area contributed by atoms with E-state index >= 15 is 0 Å². The van der Waals surface area contributed by atoms with Crippen molar-refractivity contribution in [3.8, 4) is 17.2 Å². The van der Waals surface area contributed by atoms with Crippen LogP contribution in [-0.4, -0.2) is 35.9 Å². The highest BCUT2D eigenvalue weighted by atomic mass is 35.5. The molecule has 1 aliphatic heterocycles. The molecule has 7 heteroatoms. The van der Waals surface area contributed by atoms with Crippen molar-refractivity contribution in [1.29, 1.82) is 0 Å². The molecule has 1 aromatic heterocycles. The highest BCUT2D eigenvalue weighted by Gasteiger charge is 2.26. The molecule has 0 unspecified atom stereocenters. The Balaban J connectivity index is 1.33. The van der Waals surface area contributed by atoms with Crippen LogP contribution in [0.4, 0.5) is 0 Å². The number of ketones is 1. The van der Waals surface area contributed by atoms with Crippen molar-refractivity contribution in [2.24, 2.45) is 5.92 Å². The van der Waals surface area contributed by atoms with Gasteiger partial charge in [0.1, 0.15) is 12.0 Å². The van der Waals surface area contributed by atoms with Gasteiger partial charge in [0, 0.05) is 23.6 Å². The third-order valence-electron chi connectivity index (χ3n) is 5.44. The molecule has 156 valence electrons. The number of hydrogen-bond donors (Lipinski definition) is 0. The molecule has 4 rings (SSSR count). The van der Waals surface area contributed by atoms with Crippen molar-refractivity contribution < 1.29 is 13.9 Å². The molecule has 3 aromatic rings. The van der Waals surface area contributed by atoms with Gasteiger partial charge in [-0.1, -0.05) is 23.2 Å². The summed E-state index contributed by atoms with van der Waals surface area (Å²) in [4.78, 5) is 19.7. The number of ether oxygens (including phenoxy) is 1. The van der Waals surface area contributed by atoms with Gasteiger partial charge in [-0.15, -0.1) is 0 Å². The molecule has 0 saturated carbocycles. The van der Waals surface area contributed by atoms with Crippen LogP contribution in [-0.2, 0) is 6.54 Å². The highest BCUT2D eigenvalue weighted by Crippen LogP contribution is 2.28. The molecular weight excluding hydrogens is 423 g/mol. The van der Waals surface area contributed by atoms with Crippen molar-refractivity contribution in [3.05, 3.63) is 70.0 Å². The summed E-state index contributed by atoms with van der Waals surface area (Å²) >= 11 is 12.0. The predicted octanol–water partition coefficient (Wildman–Crippen LogP) is 5.75. The topological polar surface area (TPSA) is 55.6 Å². The second-order valence-corrected chi connectivity index (χ2v) is 8.23. The summed E-state index contributed by atoms with van der Waals surface area (Å²) in [6, 6.07) is 12.7. The van der Waals surface area contributed by atoms with Crippen LogP contribution in [0.25, 0.3) is 11.5 Å². The molecule has 0 radical (unpaired) electrons. The van der Waals surface area contributed by atoms with Crippen LogP contribution < -0.4 is 4.74 Å². The monoisotopic (exact) mass is 444 g/mol. The second-order valence-electron chi connectivity index (χ2n) is 7.42. The fourth-order valence-electron chi connectivity index (χ4n) is 3.71. The third kappa shape index (κ3) is 4.69. The van der Waals surface area contributed by atoms with E-state index in [2.05, 4.69) is 9.88 Å². The van der Waals surface area contributed by atoms with E-state index in [9.17, 15) is 4.79 Å². The zero-order chi connectivity index (χ0) is 21.1. The molecular formula is C23H22Cl2N2O3. The average Bonchev–Trinajstić information content (AvgIpc) is 3.24. The van der Waals surface area contributed by atoms with E-state index in [-0.39, 0.29) is 11.7 Å². The minimum atomic E-state index is 0.00524. The Morgan fingerprint density at radius 3 is 2.53 bits per heavy atom. The quantitative estimate of drug-likeness (QED) is 0.452. The molecule has 1 aliphatic rings. The fourth-order valence-corrected chi connectivity index (χ4v) is 4.01. The van der Waals surface area contributed by atoms with Crippen LogP contribution in [0.2, 0.25) is 10.0 Å². The number of rotatable bonds is 6. The van der Waals surface area contributed by atoms with Crippen LogP contribution in [0, 0.1) is 5.92 Å². The van der Waals surface area contributed by atoms with Gasteiger partial charge in [-0.3, -0.25) is 9.69 Å². The molecule has 5 nitrogen and oxygen atoms in total. The Hall–Kier alpha value is -2.34. The summed E-state index contributed by atoms with van der Waals surface area (Å²) in [7, 11) is 1.64. The minimum absolute atomic E-state index is 0.00524. The molecule has 0 N–H and O–H groups in total. The van der Waals surface area contributed by atoms with Crippen molar-refractivity contribution >= 4 is 29.0 Å². The first-order valence-corrected chi connectivity index (χ1v) is 10.6. The maximum absolute atomic E-state index is 12.8. The van der Waals surface area contributed by atoms with Gasteiger partial charge in [0.15, 0.2) is 5.78 Å². The number of methoxy groups -OCH3 is 1. The highest BCUT2D eigenvalue weighted by molar-refractivity contribution is 6.42.